The number of hydrogen-bond donors (Lipinski definition) is 0. The van der Waals surface area contributed by atoms with E-state index in [1.54, 1.807) is 43.5 Å². The van der Waals surface area contributed by atoms with E-state index in [-0.39, 0.29) is 11.7 Å². The average molecular weight is 409 g/mol. The van der Waals surface area contributed by atoms with Crippen LogP contribution in [-0.4, -0.2) is 55.6 Å². The van der Waals surface area contributed by atoms with Gasteiger partial charge < -0.3 is 23.8 Å². The number of hydrogen-bond acceptors (Lipinski definition) is 6. The summed E-state index contributed by atoms with van der Waals surface area (Å²) in [5.74, 6) is 2.52. The van der Waals surface area contributed by atoms with Crippen LogP contribution in [0.4, 0.5) is 0 Å². The van der Waals surface area contributed by atoms with Crippen molar-refractivity contribution in [1.82, 2.24) is 4.90 Å². The third kappa shape index (κ3) is 3.24. The highest BCUT2D eigenvalue weighted by molar-refractivity contribution is 6.01. The van der Waals surface area contributed by atoms with Crippen LogP contribution in [0.3, 0.4) is 0 Å². The van der Waals surface area contributed by atoms with Crippen LogP contribution in [0, 0.1) is 0 Å². The molecule has 0 saturated carbocycles. The Bertz CT molecular complexity index is 1010. The van der Waals surface area contributed by atoms with E-state index in [1.165, 1.54) is 0 Å². The summed E-state index contributed by atoms with van der Waals surface area (Å²) in [6, 6.07) is 10.6. The fourth-order valence-corrected chi connectivity index (χ4v) is 4.36. The molecule has 3 aliphatic rings. The number of ketones is 1. The first-order chi connectivity index (χ1) is 14.6. The quantitative estimate of drug-likeness (QED) is 0.759. The minimum atomic E-state index is -0.553. The van der Waals surface area contributed by atoms with E-state index in [1.807, 2.05) is 4.90 Å². The standard InChI is InChI=1S/C23H23NO6/c1-27-16-3-5-19-17(13-16)18(25)14-23(30-19)6-8-24(9-7-23)22(26)15-2-4-20-21(12-15)29-11-10-28-20/h2-5,12-13H,6-11,14H2,1H3. The van der Waals surface area contributed by atoms with Gasteiger partial charge >= 0.3 is 0 Å². The van der Waals surface area contributed by atoms with Gasteiger partial charge in [0.05, 0.1) is 19.1 Å². The Morgan fingerprint density at radius 3 is 2.50 bits per heavy atom. The molecule has 0 radical (unpaired) electrons. The van der Waals surface area contributed by atoms with Crippen molar-refractivity contribution in [2.24, 2.45) is 0 Å². The Morgan fingerprint density at radius 1 is 1.00 bits per heavy atom. The van der Waals surface area contributed by atoms with Crippen LogP contribution >= 0.6 is 0 Å². The van der Waals surface area contributed by atoms with Gasteiger partial charge in [0.2, 0.25) is 0 Å². The van der Waals surface area contributed by atoms with Gasteiger partial charge in [-0.1, -0.05) is 0 Å². The Balaban J connectivity index is 1.29. The number of methoxy groups -OCH3 is 1. The third-order valence-corrected chi connectivity index (χ3v) is 6.05. The second kappa shape index (κ2) is 7.23. The molecule has 7 nitrogen and oxygen atoms in total. The molecule has 1 fully saturated rings. The van der Waals surface area contributed by atoms with Gasteiger partial charge in [-0.15, -0.1) is 0 Å². The summed E-state index contributed by atoms with van der Waals surface area (Å²) in [4.78, 5) is 27.6. The highest BCUT2D eigenvalue weighted by Gasteiger charge is 2.44. The highest BCUT2D eigenvalue weighted by Crippen LogP contribution is 2.41. The summed E-state index contributed by atoms with van der Waals surface area (Å²) in [7, 11) is 1.58. The molecule has 7 heteroatoms. The van der Waals surface area contributed by atoms with E-state index >= 15 is 0 Å². The van der Waals surface area contributed by atoms with Gasteiger partial charge in [-0.25, -0.2) is 0 Å². The van der Waals surface area contributed by atoms with E-state index in [0.29, 0.717) is 79.7 Å². The number of carbonyl (C=O) groups excluding carboxylic acids is 2. The SMILES string of the molecule is COc1ccc2c(c1)C(=O)CC1(CCN(C(=O)c3ccc4c(c3)OCCO4)CC1)O2. The van der Waals surface area contributed by atoms with Crippen molar-refractivity contribution in [3.05, 3.63) is 47.5 Å². The number of piperidine rings is 1. The first-order valence-corrected chi connectivity index (χ1v) is 10.2. The van der Waals surface area contributed by atoms with Crippen molar-refractivity contribution in [1.29, 1.82) is 0 Å². The van der Waals surface area contributed by atoms with Crippen LogP contribution in [0.5, 0.6) is 23.0 Å². The topological polar surface area (TPSA) is 74.3 Å². The number of rotatable bonds is 2. The lowest BCUT2D eigenvalue weighted by Gasteiger charge is -2.44. The second-order valence-corrected chi connectivity index (χ2v) is 7.90. The van der Waals surface area contributed by atoms with Crippen molar-refractivity contribution in [3.8, 4) is 23.0 Å². The maximum Gasteiger partial charge on any atom is 0.253 e. The summed E-state index contributed by atoms with van der Waals surface area (Å²) in [5, 5.41) is 0. The molecule has 5 rings (SSSR count). The van der Waals surface area contributed by atoms with Crippen LogP contribution in [0.15, 0.2) is 36.4 Å². The molecule has 3 heterocycles. The lowest BCUT2D eigenvalue weighted by atomic mass is 9.82. The molecule has 1 saturated heterocycles. The van der Waals surface area contributed by atoms with Crippen LogP contribution in [0.25, 0.3) is 0 Å². The fourth-order valence-electron chi connectivity index (χ4n) is 4.36. The maximum atomic E-state index is 13.0. The lowest BCUT2D eigenvalue weighted by molar-refractivity contribution is -0.00578. The monoisotopic (exact) mass is 409 g/mol. The number of carbonyl (C=O) groups is 2. The first kappa shape index (κ1) is 18.8. The van der Waals surface area contributed by atoms with Crippen LogP contribution < -0.4 is 18.9 Å². The van der Waals surface area contributed by atoms with Crippen molar-refractivity contribution < 1.29 is 28.5 Å². The summed E-state index contributed by atoms with van der Waals surface area (Å²) < 4.78 is 22.6. The molecule has 30 heavy (non-hydrogen) atoms. The Hall–Kier alpha value is -3.22. The maximum absolute atomic E-state index is 13.0. The predicted molar refractivity (Wildman–Crippen MR) is 108 cm³/mol. The van der Waals surface area contributed by atoms with E-state index in [4.69, 9.17) is 18.9 Å². The smallest absolute Gasteiger partial charge is 0.253 e. The number of fused-ring (bicyclic) bond motifs is 2. The highest BCUT2D eigenvalue weighted by atomic mass is 16.6. The van der Waals surface area contributed by atoms with Crippen molar-refractivity contribution >= 4 is 11.7 Å². The van der Waals surface area contributed by atoms with Gasteiger partial charge in [0.25, 0.3) is 5.91 Å². The minimum absolute atomic E-state index is 0.0471. The number of Topliss-reactive ketones (excluding diaryl/α,β-unsaturated/α-hetero) is 1. The minimum Gasteiger partial charge on any atom is -0.497 e. The van der Waals surface area contributed by atoms with Crippen molar-refractivity contribution in [2.45, 2.75) is 24.9 Å². The summed E-state index contributed by atoms with van der Waals surface area (Å²) in [6.07, 6.45) is 1.54. The number of likely N-dealkylation sites (tertiary alicyclic amines) is 1. The zero-order valence-corrected chi connectivity index (χ0v) is 16.8. The van der Waals surface area contributed by atoms with Gasteiger partial charge in [-0.05, 0) is 36.4 Å². The molecule has 0 N–H and O–H groups in total. The molecule has 0 aliphatic carbocycles. The average Bonchev–Trinajstić information content (AvgIpc) is 2.78. The van der Waals surface area contributed by atoms with Gasteiger partial charge in [0.1, 0.15) is 30.3 Å². The number of nitrogens with zero attached hydrogens (tertiary/aromatic N) is 1. The second-order valence-electron chi connectivity index (χ2n) is 7.90. The molecule has 1 spiro atoms. The predicted octanol–water partition coefficient (Wildman–Crippen LogP) is 3.11. The molecule has 2 aromatic rings. The summed E-state index contributed by atoms with van der Waals surface area (Å²) >= 11 is 0. The molecule has 0 unspecified atom stereocenters. The van der Waals surface area contributed by atoms with Gasteiger partial charge in [0, 0.05) is 31.5 Å². The Kier molecular flexibility index (Phi) is 4.53. The summed E-state index contributed by atoms with van der Waals surface area (Å²) in [5.41, 5.74) is 0.588. The van der Waals surface area contributed by atoms with E-state index in [2.05, 4.69) is 0 Å². The van der Waals surface area contributed by atoms with E-state index < -0.39 is 5.60 Å². The van der Waals surface area contributed by atoms with Crippen molar-refractivity contribution in [3.63, 3.8) is 0 Å². The molecule has 0 bridgehead atoms. The fraction of sp³-hybridized carbons (Fsp3) is 0.391. The largest absolute Gasteiger partial charge is 0.497 e. The van der Waals surface area contributed by atoms with Crippen molar-refractivity contribution in [2.75, 3.05) is 33.4 Å². The third-order valence-electron chi connectivity index (χ3n) is 6.05. The molecular weight excluding hydrogens is 386 g/mol. The molecule has 1 amide bonds. The molecule has 156 valence electrons. The van der Waals surface area contributed by atoms with Crippen LogP contribution in [0.1, 0.15) is 40.0 Å². The molecule has 0 atom stereocenters. The van der Waals surface area contributed by atoms with Gasteiger partial charge in [-0.3, -0.25) is 9.59 Å². The number of benzene rings is 2. The Labute approximate surface area is 174 Å². The van der Waals surface area contributed by atoms with Gasteiger partial charge in [0.15, 0.2) is 17.3 Å². The van der Waals surface area contributed by atoms with Gasteiger partial charge in [-0.2, -0.15) is 0 Å². The number of amides is 1. The zero-order chi connectivity index (χ0) is 20.7. The molecule has 3 aliphatic heterocycles. The molecule has 2 aromatic carbocycles. The summed E-state index contributed by atoms with van der Waals surface area (Å²) in [6.45, 7) is 2.07. The lowest BCUT2D eigenvalue weighted by Crippen LogP contribution is -2.52. The van der Waals surface area contributed by atoms with E-state index in [9.17, 15) is 9.59 Å². The Morgan fingerprint density at radius 2 is 1.73 bits per heavy atom. The molecular formula is C23H23NO6. The van der Waals surface area contributed by atoms with Crippen LogP contribution in [-0.2, 0) is 0 Å². The van der Waals surface area contributed by atoms with Crippen LogP contribution in [0.2, 0.25) is 0 Å². The normalized spacial score (nSPS) is 19.1. The number of ether oxygens (including phenoxy) is 4. The first-order valence-electron chi connectivity index (χ1n) is 10.2. The zero-order valence-electron chi connectivity index (χ0n) is 16.8. The van der Waals surface area contributed by atoms with E-state index in [0.717, 1.165) is 0 Å². The molecule has 0 aromatic heterocycles.